The zero-order chi connectivity index (χ0) is 14.7. The minimum absolute atomic E-state index is 0.0386. The van der Waals surface area contributed by atoms with E-state index in [4.69, 9.17) is 10.00 Å². The predicted octanol–water partition coefficient (Wildman–Crippen LogP) is 2.16. The van der Waals surface area contributed by atoms with Gasteiger partial charge < -0.3 is 4.74 Å². The fourth-order valence-corrected chi connectivity index (χ4v) is 2.06. The van der Waals surface area contributed by atoms with Gasteiger partial charge >= 0.3 is 5.69 Å². The van der Waals surface area contributed by atoms with Crippen LogP contribution in [0.25, 0.3) is 0 Å². The van der Waals surface area contributed by atoms with Gasteiger partial charge in [0.2, 0.25) is 0 Å². The van der Waals surface area contributed by atoms with Gasteiger partial charge in [0.1, 0.15) is 11.8 Å². The van der Waals surface area contributed by atoms with Crippen LogP contribution in [0.5, 0.6) is 5.75 Å². The number of imidazole rings is 1. The molecule has 0 saturated carbocycles. The van der Waals surface area contributed by atoms with Crippen molar-refractivity contribution in [3.8, 4) is 11.8 Å². The lowest BCUT2D eigenvalue weighted by Gasteiger charge is -2.07. The summed E-state index contributed by atoms with van der Waals surface area (Å²) >= 11 is 0. The molecule has 2 rings (SSSR count). The van der Waals surface area contributed by atoms with E-state index in [2.05, 4.69) is 6.07 Å². The first-order valence-corrected chi connectivity index (χ1v) is 6.41. The van der Waals surface area contributed by atoms with Crippen molar-refractivity contribution >= 4 is 0 Å². The van der Waals surface area contributed by atoms with Crippen molar-refractivity contribution in [2.45, 2.75) is 26.4 Å². The molecule has 104 valence electrons. The fourth-order valence-electron chi connectivity index (χ4n) is 2.06. The molecule has 1 aromatic carbocycles. The molecular formula is C15H17N3O2. The van der Waals surface area contributed by atoms with Gasteiger partial charge in [-0.25, -0.2) is 4.79 Å². The van der Waals surface area contributed by atoms with E-state index in [0.717, 1.165) is 5.56 Å². The molecule has 0 amide bonds. The molecule has 0 fully saturated rings. The molecular weight excluding hydrogens is 254 g/mol. The second kappa shape index (κ2) is 5.66. The monoisotopic (exact) mass is 271 g/mol. The molecule has 2 aromatic rings. The number of aromatic nitrogens is 2. The van der Waals surface area contributed by atoms with Crippen molar-refractivity contribution < 1.29 is 4.74 Å². The molecule has 0 bridgehead atoms. The number of rotatable bonds is 4. The van der Waals surface area contributed by atoms with Crippen molar-refractivity contribution in [1.29, 1.82) is 5.26 Å². The number of ether oxygens (including phenoxy) is 1. The van der Waals surface area contributed by atoms with Crippen LogP contribution in [0.3, 0.4) is 0 Å². The van der Waals surface area contributed by atoms with E-state index >= 15 is 0 Å². The standard InChI is InChI=1S/C15H17N3O2/c1-11(2)18-7-6-17(15(18)19)10-12-4-5-13(9-16)14(8-12)20-3/h4-8,11H,10H2,1-3H3. The van der Waals surface area contributed by atoms with Crippen LogP contribution in [0.1, 0.15) is 31.0 Å². The van der Waals surface area contributed by atoms with Crippen molar-refractivity contribution in [3.63, 3.8) is 0 Å². The summed E-state index contributed by atoms with van der Waals surface area (Å²) in [6, 6.07) is 7.54. The highest BCUT2D eigenvalue weighted by Crippen LogP contribution is 2.19. The Morgan fingerprint density at radius 2 is 2.10 bits per heavy atom. The summed E-state index contributed by atoms with van der Waals surface area (Å²) in [4.78, 5) is 12.1. The van der Waals surface area contributed by atoms with Crippen LogP contribution in [0.15, 0.2) is 35.4 Å². The van der Waals surface area contributed by atoms with Gasteiger partial charge in [-0.2, -0.15) is 5.26 Å². The Morgan fingerprint density at radius 3 is 2.65 bits per heavy atom. The van der Waals surface area contributed by atoms with Crippen molar-refractivity contribution in [3.05, 3.63) is 52.2 Å². The average Bonchev–Trinajstić information content (AvgIpc) is 2.80. The van der Waals surface area contributed by atoms with Crippen molar-refractivity contribution in [2.24, 2.45) is 0 Å². The molecule has 0 saturated heterocycles. The molecule has 0 radical (unpaired) electrons. The number of hydrogen-bond donors (Lipinski definition) is 0. The normalized spacial score (nSPS) is 10.6. The largest absolute Gasteiger partial charge is 0.495 e. The highest BCUT2D eigenvalue weighted by Gasteiger charge is 2.08. The van der Waals surface area contributed by atoms with Gasteiger partial charge in [-0.15, -0.1) is 0 Å². The zero-order valence-corrected chi connectivity index (χ0v) is 11.8. The van der Waals surface area contributed by atoms with E-state index in [-0.39, 0.29) is 11.7 Å². The number of benzene rings is 1. The molecule has 5 heteroatoms. The van der Waals surface area contributed by atoms with E-state index in [9.17, 15) is 4.79 Å². The molecule has 5 nitrogen and oxygen atoms in total. The Kier molecular flexibility index (Phi) is 3.94. The second-order valence-electron chi connectivity index (χ2n) is 4.86. The molecule has 0 aliphatic carbocycles. The summed E-state index contributed by atoms with van der Waals surface area (Å²) < 4.78 is 8.49. The molecule has 20 heavy (non-hydrogen) atoms. The summed E-state index contributed by atoms with van der Waals surface area (Å²) in [5, 5.41) is 8.95. The van der Waals surface area contributed by atoms with Crippen molar-refractivity contribution in [1.82, 2.24) is 9.13 Å². The summed E-state index contributed by atoms with van der Waals surface area (Å²) in [5.41, 5.74) is 1.37. The Balaban J connectivity index is 2.31. The van der Waals surface area contributed by atoms with Crippen LogP contribution in [-0.2, 0) is 6.54 Å². The van der Waals surface area contributed by atoms with E-state index < -0.39 is 0 Å². The minimum atomic E-state index is -0.0386. The van der Waals surface area contributed by atoms with Crippen LogP contribution >= 0.6 is 0 Å². The first kappa shape index (κ1) is 13.9. The lowest BCUT2D eigenvalue weighted by Crippen LogP contribution is -2.25. The Labute approximate surface area is 117 Å². The first-order valence-electron chi connectivity index (χ1n) is 6.41. The van der Waals surface area contributed by atoms with Gasteiger partial charge in [0.05, 0.1) is 19.2 Å². The Morgan fingerprint density at radius 1 is 1.35 bits per heavy atom. The third kappa shape index (κ3) is 2.59. The third-order valence-electron chi connectivity index (χ3n) is 3.17. The number of nitrogens with zero attached hydrogens (tertiary/aromatic N) is 3. The number of methoxy groups -OCH3 is 1. The highest BCUT2D eigenvalue weighted by atomic mass is 16.5. The van der Waals surface area contributed by atoms with E-state index in [1.165, 1.54) is 7.11 Å². The van der Waals surface area contributed by atoms with E-state index in [1.807, 2.05) is 19.9 Å². The summed E-state index contributed by atoms with van der Waals surface area (Å²) in [7, 11) is 1.53. The highest BCUT2D eigenvalue weighted by molar-refractivity contribution is 5.45. The molecule has 0 N–H and O–H groups in total. The molecule has 0 aliphatic rings. The SMILES string of the molecule is COc1cc(Cn2ccn(C(C)C)c2=O)ccc1C#N. The lowest BCUT2D eigenvalue weighted by atomic mass is 10.1. The fraction of sp³-hybridized carbons (Fsp3) is 0.333. The maximum Gasteiger partial charge on any atom is 0.328 e. The minimum Gasteiger partial charge on any atom is -0.495 e. The van der Waals surface area contributed by atoms with Gasteiger partial charge in [0.25, 0.3) is 0 Å². The van der Waals surface area contributed by atoms with Gasteiger partial charge in [0, 0.05) is 18.4 Å². The van der Waals surface area contributed by atoms with Gasteiger partial charge in [0.15, 0.2) is 0 Å². The maximum absolute atomic E-state index is 12.1. The molecule has 0 spiro atoms. The second-order valence-corrected chi connectivity index (χ2v) is 4.86. The van der Waals surface area contributed by atoms with Gasteiger partial charge in [-0.3, -0.25) is 9.13 Å². The van der Waals surface area contributed by atoms with Crippen LogP contribution < -0.4 is 10.4 Å². The zero-order valence-electron chi connectivity index (χ0n) is 11.8. The first-order chi connectivity index (χ1) is 9.56. The predicted molar refractivity (Wildman–Crippen MR) is 75.9 cm³/mol. The Hall–Kier alpha value is -2.48. The lowest BCUT2D eigenvalue weighted by molar-refractivity contribution is 0.412. The summed E-state index contributed by atoms with van der Waals surface area (Å²) in [6.07, 6.45) is 3.56. The van der Waals surface area contributed by atoms with Gasteiger partial charge in [-0.1, -0.05) is 6.07 Å². The molecule has 1 heterocycles. The van der Waals surface area contributed by atoms with E-state index in [1.54, 1.807) is 33.7 Å². The van der Waals surface area contributed by atoms with Crippen LogP contribution in [-0.4, -0.2) is 16.2 Å². The smallest absolute Gasteiger partial charge is 0.328 e. The maximum atomic E-state index is 12.1. The molecule has 1 aromatic heterocycles. The molecule has 0 unspecified atom stereocenters. The Bertz CT molecular complexity index is 705. The summed E-state index contributed by atoms with van der Waals surface area (Å²) in [5.74, 6) is 0.529. The quantitative estimate of drug-likeness (QED) is 0.856. The summed E-state index contributed by atoms with van der Waals surface area (Å²) in [6.45, 7) is 4.40. The van der Waals surface area contributed by atoms with Gasteiger partial charge in [-0.05, 0) is 31.5 Å². The van der Waals surface area contributed by atoms with Crippen LogP contribution in [0.2, 0.25) is 0 Å². The topological polar surface area (TPSA) is 59.9 Å². The molecule has 0 atom stereocenters. The average molecular weight is 271 g/mol. The number of hydrogen-bond acceptors (Lipinski definition) is 3. The third-order valence-corrected chi connectivity index (χ3v) is 3.17. The molecule has 0 aliphatic heterocycles. The van der Waals surface area contributed by atoms with Crippen LogP contribution in [0.4, 0.5) is 0 Å². The van der Waals surface area contributed by atoms with Crippen LogP contribution in [0, 0.1) is 11.3 Å². The number of nitriles is 1. The van der Waals surface area contributed by atoms with E-state index in [0.29, 0.717) is 17.9 Å². The van der Waals surface area contributed by atoms with Crippen molar-refractivity contribution in [2.75, 3.05) is 7.11 Å².